The van der Waals surface area contributed by atoms with Crippen molar-refractivity contribution in [3.8, 4) is 0 Å². The van der Waals surface area contributed by atoms with Crippen LogP contribution < -0.4 is 5.73 Å². The van der Waals surface area contributed by atoms with Gasteiger partial charge in [0.25, 0.3) is 0 Å². The predicted molar refractivity (Wildman–Crippen MR) is 159 cm³/mol. The van der Waals surface area contributed by atoms with E-state index in [0.717, 1.165) is 25.9 Å². The predicted octanol–water partition coefficient (Wildman–Crippen LogP) is 6.60. The molecular formula is C31H42Cl2N4O2. The first-order valence-corrected chi connectivity index (χ1v) is 14.7. The van der Waals surface area contributed by atoms with Crippen LogP contribution in [0.1, 0.15) is 71.0 Å². The Labute approximate surface area is 243 Å². The molecule has 2 aliphatic rings. The molecule has 0 radical (unpaired) electrons. The van der Waals surface area contributed by atoms with Gasteiger partial charge in [0.1, 0.15) is 0 Å². The van der Waals surface area contributed by atoms with Gasteiger partial charge in [-0.3, -0.25) is 9.69 Å². The summed E-state index contributed by atoms with van der Waals surface area (Å²) in [6, 6.07) is 15.9. The highest BCUT2D eigenvalue weighted by Crippen LogP contribution is 2.37. The van der Waals surface area contributed by atoms with E-state index in [2.05, 4.69) is 54.8 Å². The zero-order valence-electron chi connectivity index (χ0n) is 23.7. The van der Waals surface area contributed by atoms with Crippen molar-refractivity contribution in [1.29, 1.82) is 0 Å². The molecule has 8 heteroatoms. The molecule has 0 aromatic heterocycles. The first-order chi connectivity index (χ1) is 18.3. The second-order valence-corrected chi connectivity index (χ2v) is 13.3. The molecule has 0 bridgehead atoms. The van der Waals surface area contributed by atoms with E-state index in [0.29, 0.717) is 23.0 Å². The maximum Gasteiger partial charge on any atom is 0.315 e. The molecule has 6 nitrogen and oxygen atoms in total. The number of hydrogen-bond donors (Lipinski definition) is 1. The van der Waals surface area contributed by atoms with Crippen molar-refractivity contribution < 1.29 is 9.59 Å². The molecule has 2 saturated heterocycles. The van der Waals surface area contributed by atoms with Crippen molar-refractivity contribution in [3.05, 3.63) is 69.7 Å². The quantitative estimate of drug-likeness (QED) is 0.438. The number of likely N-dealkylation sites (tertiary alicyclic amines) is 1. The number of hydrogen-bond acceptors (Lipinski definition) is 3. The van der Waals surface area contributed by atoms with Crippen molar-refractivity contribution in [2.75, 3.05) is 19.6 Å². The van der Waals surface area contributed by atoms with Gasteiger partial charge in [0.15, 0.2) is 0 Å². The topological polar surface area (TPSA) is 69.9 Å². The molecule has 0 saturated carbocycles. The summed E-state index contributed by atoms with van der Waals surface area (Å²) in [6.45, 7) is 12.9. The van der Waals surface area contributed by atoms with E-state index in [9.17, 15) is 9.59 Å². The lowest BCUT2D eigenvalue weighted by Gasteiger charge is -2.50. The molecule has 212 valence electrons. The Bertz CT molecular complexity index is 1090. The molecule has 4 atom stereocenters. The Morgan fingerprint density at radius 1 is 0.897 bits per heavy atom. The van der Waals surface area contributed by atoms with Gasteiger partial charge in [0.05, 0.1) is 6.04 Å². The van der Waals surface area contributed by atoms with Crippen LogP contribution in [0.25, 0.3) is 0 Å². The van der Waals surface area contributed by atoms with Gasteiger partial charge >= 0.3 is 6.03 Å². The number of nitrogens with two attached hydrogens (primary N) is 1. The number of halogens is 2. The van der Waals surface area contributed by atoms with Gasteiger partial charge in [0, 0.05) is 54.2 Å². The van der Waals surface area contributed by atoms with Crippen LogP contribution in [-0.2, 0) is 4.79 Å². The average molecular weight is 574 g/mol. The number of benzene rings is 2. The van der Waals surface area contributed by atoms with Crippen LogP contribution in [0.5, 0.6) is 0 Å². The molecule has 3 amide bonds. The minimum Gasteiger partial charge on any atom is -0.351 e. The Kier molecular flexibility index (Phi) is 9.19. The van der Waals surface area contributed by atoms with Gasteiger partial charge in [-0.25, -0.2) is 4.79 Å². The second kappa shape index (κ2) is 12.1. The molecule has 2 fully saturated rings. The van der Waals surface area contributed by atoms with E-state index in [4.69, 9.17) is 28.9 Å². The van der Waals surface area contributed by atoms with Crippen LogP contribution in [0.4, 0.5) is 4.79 Å². The first-order valence-electron chi connectivity index (χ1n) is 14.0. The van der Waals surface area contributed by atoms with Gasteiger partial charge in [-0.2, -0.15) is 0 Å². The Morgan fingerprint density at radius 3 is 1.82 bits per heavy atom. The number of urea groups is 1. The Morgan fingerprint density at radius 2 is 1.38 bits per heavy atom. The number of piperazine rings is 1. The van der Waals surface area contributed by atoms with Gasteiger partial charge in [-0.15, -0.1) is 0 Å². The van der Waals surface area contributed by atoms with Crippen LogP contribution in [0.3, 0.4) is 0 Å². The van der Waals surface area contributed by atoms with Crippen LogP contribution >= 0.6 is 23.2 Å². The lowest BCUT2D eigenvalue weighted by Crippen LogP contribution is -2.60. The lowest BCUT2D eigenvalue weighted by molar-refractivity contribution is -0.141. The van der Waals surface area contributed by atoms with E-state index in [1.165, 1.54) is 11.1 Å². The monoisotopic (exact) mass is 572 g/mol. The number of carbonyl (C=O) groups excluding carboxylic acids is 2. The molecule has 0 spiro atoms. The third kappa shape index (κ3) is 6.90. The molecule has 2 aliphatic heterocycles. The molecule has 2 heterocycles. The van der Waals surface area contributed by atoms with Gasteiger partial charge < -0.3 is 15.5 Å². The number of rotatable bonds is 5. The van der Waals surface area contributed by atoms with E-state index < -0.39 is 0 Å². The molecule has 4 rings (SSSR count). The second-order valence-electron chi connectivity index (χ2n) is 12.5. The van der Waals surface area contributed by atoms with Gasteiger partial charge in [-0.1, -0.05) is 68.2 Å². The van der Waals surface area contributed by atoms with E-state index in [1.807, 2.05) is 38.1 Å². The van der Waals surface area contributed by atoms with Crippen LogP contribution in [-0.4, -0.2) is 64.4 Å². The SMILES string of the molecule is C[C@@H]1CC(CC(=O)N2CCN(C(c3ccc(Cl)cc3)c3ccc(Cl)cc3)C[C@@H]2C(C)(C)C)C[C@H](C)N1C(N)=O. The molecule has 2 aromatic rings. The number of carbonyl (C=O) groups is 2. The lowest BCUT2D eigenvalue weighted by atomic mass is 9.81. The molecule has 2 N–H and O–H groups in total. The van der Waals surface area contributed by atoms with Crippen molar-refractivity contribution in [3.63, 3.8) is 0 Å². The third-order valence-corrected chi connectivity index (χ3v) is 8.99. The average Bonchev–Trinajstić information content (AvgIpc) is 2.85. The number of piperidine rings is 1. The van der Waals surface area contributed by atoms with Crippen molar-refractivity contribution in [2.24, 2.45) is 17.1 Å². The maximum atomic E-state index is 13.8. The highest BCUT2D eigenvalue weighted by atomic mass is 35.5. The molecule has 2 aromatic carbocycles. The fraction of sp³-hybridized carbons (Fsp3) is 0.548. The minimum absolute atomic E-state index is 0.0291. The summed E-state index contributed by atoms with van der Waals surface area (Å²) in [4.78, 5) is 32.1. The smallest absolute Gasteiger partial charge is 0.315 e. The molecular weight excluding hydrogens is 531 g/mol. The molecule has 39 heavy (non-hydrogen) atoms. The number of nitrogens with zero attached hydrogens (tertiary/aromatic N) is 3. The standard InChI is InChI=1S/C31H42Cl2N4O2/c1-20-16-22(17-21(2)37(20)30(34)39)18-28(38)36-15-14-35(19-27(36)31(3,4)5)29(23-6-10-25(32)11-7-23)24-8-12-26(33)13-9-24/h6-13,20-22,27,29H,14-19H2,1-5H3,(H2,34,39)/t20-,21+,22?,27-/m1/s1. The largest absolute Gasteiger partial charge is 0.351 e. The summed E-state index contributed by atoms with van der Waals surface area (Å²) in [5.74, 6) is 0.452. The van der Waals surface area contributed by atoms with Crippen molar-refractivity contribution >= 4 is 35.1 Å². The van der Waals surface area contributed by atoms with Crippen LogP contribution in [0, 0.1) is 11.3 Å². The van der Waals surface area contributed by atoms with E-state index in [1.54, 1.807) is 4.90 Å². The minimum atomic E-state index is -0.375. The first kappa shape index (κ1) is 29.7. The summed E-state index contributed by atoms with van der Waals surface area (Å²) in [6.07, 6.45) is 2.11. The van der Waals surface area contributed by atoms with Crippen molar-refractivity contribution in [1.82, 2.24) is 14.7 Å². The summed E-state index contributed by atoms with van der Waals surface area (Å²) in [7, 11) is 0. The number of amides is 3. The zero-order valence-corrected chi connectivity index (χ0v) is 25.3. The van der Waals surface area contributed by atoms with Gasteiger partial charge in [-0.05, 0) is 73.4 Å². The van der Waals surface area contributed by atoms with E-state index in [-0.39, 0.29) is 47.4 Å². The Hall–Kier alpha value is -2.28. The highest BCUT2D eigenvalue weighted by molar-refractivity contribution is 6.30. The summed E-state index contributed by atoms with van der Waals surface area (Å²) in [5.41, 5.74) is 7.84. The van der Waals surface area contributed by atoms with Crippen LogP contribution in [0.15, 0.2) is 48.5 Å². The maximum absolute atomic E-state index is 13.8. The normalized spacial score (nSPS) is 24.7. The molecule has 0 aliphatic carbocycles. The van der Waals surface area contributed by atoms with Gasteiger partial charge in [0.2, 0.25) is 5.91 Å². The summed E-state index contributed by atoms with van der Waals surface area (Å²) >= 11 is 12.5. The zero-order chi connectivity index (χ0) is 28.5. The fourth-order valence-electron chi connectivity index (χ4n) is 6.67. The Balaban J connectivity index is 1.55. The summed E-state index contributed by atoms with van der Waals surface area (Å²) < 4.78 is 0. The molecule has 1 unspecified atom stereocenters. The van der Waals surface area contributed by atoms with Crippen molar-refractivity contribution in [2.45, 2.75) is 78.0 Å². The fourth-order valence-corrected chi connectivity index (χ4v) is 6.92. The summed E-state index contributed by atoms with van der Waals surface area (Å²) in [5, 5.41) is 1.42. The number of primary amides is 1. The highest BCUT2D eigenvalue weighted by Gasteiger charge is 2.41. The van der Waals surface area contributed by atoms with E-state index >= 15 is 0 Å². The third-order valence-electron chi connectivity index (χ3n) is 8.48. The van der Waals surface area contributed by atoms with Crippen LogP contribution in [0.2, 0.25) is 10.0 Å².